The second-order valence-electron chi connectivity index (χ2n) is 6.47. The number of rotatable bonds is 5. The van der Waals surface area contributed by atoms with Crippen LogP contribution in [0.25, 0.3) is 0 Å². The van der Waals surface area contributed by atoms with E-state index < -0.39 is 0 Å². The van der Waals surface area contributed by atoms with Crippen molar-refractivity contribution in [3.63, 3.8) is 0 Å². The van der Waals surface area contributed by atoms with E-state index in [0.29, 0.717) is 25.8 Å². The molecular formula is C18H27N3O2. The minimum atomic E-state index is 0.262. The van der Waals surface area contributed by atoms with Crippen molar-refractivity contribution in [2.75, 3.05) is 39.4 Å². The summed E-state index contributed by atoms with van der Waals surface area (Å²) >= 11 is 0. The van der Waals surface area contributed by atoms with Crippen molar-refractivity contribution in [3.8, 4) is 0 Å². The number of carbonyl (C=O) groups excluding carboxylic acids is 1. The highest BCUT2D eigenvalue weighted by Gasteiger charge is 2.26. The second-order valence-corrected chi connectivity index (χ2v) is 6.47. The molecule has 3 heterocycles. The molecule has 1 aromatic rings. The minimum absolute atomic E-state index is 0.262. The molecular weight excluding hydrogens is 290 g/mol. The van der Waals surface area contributed by atoms with Crippen molar-refractivity contribution in [3.05, 3.63) is 30.1 Å². The number of ether oxygens (including phenoxy) is 1. The molecule has 2 aliphatic rings. The molecule has 0 N–H and O–H groups in total. The number of carbonyl (C=O) groups is 1. The number of aryl methyl sites for hydroxylation is 1. The molecule has 5 heteroatoms. The van der Waals surface area contributed by atoms with Gasteiger partial charge in [0, 0.05) is 31.0 Å². The summed E-state index contributed by atoms with van der Waals surface area (Å²) in [6.07, 6.45) is 7.62. The molecule has 1 atom stereocenters. The van der Waals surface area contributed by atoms with E-state index in [1.807, 2.05) is 23.2 Å². The molecule has 1 amide bonds. The predicted octanol–water partition coefficient (Wildman–Crippen LogP) is 1.73. The molecule has 0 bridgehead atoms. The number of pyridine rings is 1. The number of piperidine rings is 1. The molecule has 2 saturated heterocycles. The predicted molar refractivity (Wildman–Crippen MR) is 89.2 cm³/mol. The fraction of sp³-hybridized carbons (Fsp3) is 0.667. The Balaban J connectivity index is 1.52. The van der Waals surface area contributed by atoms with E-state index in [1.54, 1.807) is 0 Å². The highest BCUT2D eigenvalue weighted by molar-refractivity contribution is 5.78. The quantitative estimate of drug-likeness (QED) is 0.830. The number of likely N-dealkylation sites (tertiary alicyclic amines) is 1. The molecule has 126 valence electrons. The molecule has 0 aliphatic carbocycles. The van der Waals surface area contributed by atoms with Crippen LogP contribution in [-0.2, 0) is 16.0 Å². The van der Waals surface area contributed by atoms with Crippen LogP contribution in [0.1, 0.15) is 31.4 Å². The molecule has 1 aromatic heterocycles. The average molecular weight is 317 g/mol. The van der Waals surface area contributed by atoms with Gasteiger partial charge in [-0.05, 0) is 44.4 Å². The van der Waals surface area contributed by atoms with E-state index >= 15 is 0 Å². The zero-order valence-electron chi connectivity index (χ0n) is 13.8. The highest BCUT2D eigenvalue weighted by atomic mass is 16.5. The first kappa shape index (κ1) is 16.4. The van der Waals surface area contributed by atoms with Gasteiger partial charge in [-0.15, -0.1) is 0 Å². The fourth-order valence-electron chi connectivity index (χ4n) is 3.54. The fourth-order valence-corrected chi connectivity index (χ4v) is 3.54. The van der Waals surface area contributed by atoms with Gasteiger partial charge >= 0.3 is 0 Å². The van der Waals surface area contributed by atoms with Gasteiger partial charge in [-0.2, -0.15) is 0 Å². The summed E-state index contributed by atoms with van der Waals surface area (Å²) in [4.78, 5) is 21.3. The Kier molecular flexibility index (Phi) is 6.00. The van der Waals surface area contributed by atoms with Crippen LogP contribution in [0.3, 0.4) is 0 Å². The van der Waals surface area contributed by atoms with Crippen LogP contribution in [-0.4, -0.2) is 66.1 Å². The van der Waals surface area contributed by atoms with Crippen molar-refractivity contribution < 1.29 is 9.53 Å². The first-order valence-corrected chi connectivity index (χ1v) is 8.82. The lowest BCUT2D eigenvalue weighted by Crippen LogP contribution is -2.49. The Morgan fingerprint density at radius 1 is 1.22 bits per heavy atom. The number of nitrogens with zero attached hydrogens (tertiary/aromatic N) is 3. The van der Waals surface area contributed by atoms with E-state index in [-0.39, 0.29) is 5.91 Å². The lowest BCUT2D eigenvalue weighted by Gasteiger charge is -2.37. The zero-order chi connectivity index (χ0) is 15.9. The van der Waals surface area contributed by atoms with Gasteiger partial charge in [0.15, 0.2) is 0 Å². The third-order valence-corrected chi connectivity index (χ3v) is 4.91. The molecule has 2 aliphatic heterocycles. The Labute approximate surface area is 138 Å². The maximum atomic E-state index is 12.5. The lowest BCUT2D eigenvalue weighted by atomic mass is 9.97. The van der Waals surface area contributed by atoms with Gasteiger partial charge in [0.2, 0.25) is 5.91 Å². The van der Waals surface area contributed by atoms with Crippen molar-refractivity contribution in [2.24, 2.45) is 0 Å². The lowest BCUT2D eigenvalue weighted by molar-refractivity contribution is -0.137. The van der Waals surface area contributed by atoms with Gasteiger partial charge in [-0.25, -0.2) is 0 Å². The van der Waals surface area contributed by atoms with Gasteiger partial charge in [-0.3, -0.25) is 14.7 Å². The van der Waals surface area contributed by atoms with E-state index in [1.165, 1.54) is 19.3 Å². The van der Waals surface area contributed by atoms with Crippen LogP contribution in [0.5, 0.6) is 0 Å². The smallest absolute Gasteiger partial charge is 0.236 e. The monoisotopic (exact) mass is 317 g/mol. The first-order valence-electron chi connectivity index (χ1n) is 8.82. The summed E-state index contributed by atoms with van der Waals surface area (Å²) in [5, 5.41) is 0. The maximum Gasteiger partial charge on any atom is 0.236 e. The molecule has 23 heavy (non-hydrogen) atoms. The van der Waals surface area contributed by atoms with Crippen LogP contribution < -0.4 is 0 Å². The molecule has 5 nitrogen and oxygen atoms in total. The third kappa shape index (κ3) is 4.75. The average Bonchev–Trinajstić information content (AvgIpc) is 2.62. The summed E-state index contributed by atoms with van der Waals surface area (Å²) < 4.78 is 5.33. The van der Waals surface area contributed by atoms with Gasteiger partial charge in [0.1, 0.15) is 0 Å². The molecule has 0 saturated carbocycles. The Hall–Kier alpha value is -1.46. The van der Waals surface area contributed by atoms with E-state index in [0.717, 1.165) is 38.2 Å². The molecule has 3 rings (SSSR count). The molecule has 0 spiro atoms. The topological polar surface area (TPSA) is 45.7 Å². The van der Waals surface area contributed by atoms with Crippen molar-refractivity contribution in [1.29, 1.82) is 0 Å². The van der Waals surface area contributed by atoms with Crippen LogP contribution in [0.4, 0.5) is 0 Å². The Morgan fingerprint density at radius 3 is 2.87 bits per heavy atom. The summed E-state index contributed by atoms with van der Waals surface area (Å²) in [5.74, 6) is 0.262. The van der Waals surface area contributed by atoms with E-state index in [4.69, 9.17) is 4.74 Å². The summed E-state index contributed by atoms with van der Waals surface area (Å²) in [6, 6.07) is 6.60. The normalized spacial score (nSPS) is 23.0. The van der Waals surface area contributed by atoms with Crippen molar-refractivity contribution in [1.82, 2.24) is 14.8 Å². The number of amides is 1. The number of aromatic nitrogens is 1. The minimum Gasteiger partial charge on any atom is -0.378 e. The zero-order valence-corrected chi connectivity index (χ0v) is 13.8. The Morgan fingerprint density at radius 2 is 2.09 bits per heavy atom. The summed E-state index contributed by atoms with van der Waals surface area (Å²) in [5.41, 5.74) is 1.15. The van der Waals surface area contributed by atoms with E-state index in [9.17, 15) is 4.79 Å². The van der Waals surface area contributed by atoms with Crippen LogP contribution in [0, 0.1) is 0 Å². The molecule has 0 radical (unpaired) electrons. The maximum absolute atomic E-state index is 12.5. The first-order chi connectivity index (χ1) is 11.3. The van der Waals surface area contributed by atoms with Crippen molar-refractivity contribution in [2.45, 2.75) is 38.1 Å². The van der Waals surface area contributed by atoms with Gasteiger partial charge in [-0.1, -0.05) is 12.5 Å². The number of hydrogen-bond acceptors (Lipinski definition) is 4. The highest BCUT2D eigenvalue weighted by Crippen LogP contribution is 2.21. The number of hydrogen-bond donors (Lipinski definition) is 0. The third-order valence-electron chi connectivity index (χ3n) is 4.91. The van der Waals surface area contributed by atoms with Gasteiger partial charge < -0.3 is 9.64 Å². The Bertz CT molecular complexity index is 488. The molecule has 2 fully saturated rings. The standard InChI is InChI=1S/C18H27N3O2/c22-18(20-11-13-23-14-12-20)15-21-10-4-2-6-17(21)8-7-16-5-1-3-9-19-16/h1,3,5,9,17H,2,4,6-8,10-15H2/t17-/m0/s1. The van der Waals surface area contributed by atoms with Gasteiger partial charge in [0.25, 0.3) is 0 Å². The molecule has 0 unspecified atom stereocenters. The summed E-state index contributed by atoms with van der Waals surface area (Å²) in [7, 11) is 0. The van der Waals surface area contributed by atoms with Crippen LogP contribution >= 0.6 is 0 Å². The van der Waals surface area contributed by atoms with Gasteiger partial charge in [0.05, 0.1) is 19.8 Å². The summed E-state index contributed by atoms with van der Waals surface area (Å²) in [6.45, 7) is 4.44. The number of morpholine rings is 1. The van der Waals surface area contributed by atoms with Crippen LogP contribution in [0.2, 0.25) is 0 Å². The van der Waals surface area contributed by atoms with Crippen LogP contribution in [0.15, 0.2) is 24.4 Å². The van der Waals surface area contributed by atoms with Crippen molar-refractivity contribution >= 4 is 5.91 Å². The largest absolute Gasteiger partial charge is 0.378 e. The van der Waals surface area contributed by atoms with E-state index in [2.05, 4.69) is 16.0 Å². The molecule has 0 aromatic carbocycles. The SMILES string of the molecule is O=C(CN1CCCC[C@H]1CCc1ccccn1)N1CCOCC1. The second kappa shape index (κ2) is 8.41.